The minimum Gasteiger partial charge on any atom is -0.478 e. The van der Waals surface area contributed by atoms with Gasteiger partial charge in [-0.1, -0.05) is 0 Å². The summed E-state index contributed by atoms with van der Waals surface area (Å²) in [5.41, 5.74) is 1.32. The third-order valence-electron chi connectivity index (χ3n) is 2.56. The molecule has 0 amide bonds. The molecule has 0 unspecified atom stereocenters. The number of halogens is 1. The minimum atomic E-state index is -0.923. The largest absolute Gasteiger partial charge is 0.478 e. The molecule has 0 bridgehead atoms. The summed E-state index contributed by atoms with van der Waals surface area (Å²) in [5.74, 6) is -0.923. The van der Waals surface area contributed by atoms with Gasteiger partial charge in [-0.2, -0.15) is 0 Å². The molecule has 0 aliphatic heterocycles. The molecule has 0 fully saturated rings. The molecular weight excluding hydrogens is 286 g/mol. The van der Waals surface area contributed by atoms with Crippen LogP contribution in [-0.2, 0) is 13.1 Å². The molecule has 0 saturated heterocycles. The second kappa shape index (κ2) is 4.75. The van der Waals surface area contributed by atoms with Gasteiger partial charge in [0.1, 0.15) is 0 Å². The molecule has 0 saturated carbocycles. The third kappa shape index (κ3) is 2.41. The molecule has 1 N–H and O–H groups in total. The molecule has 5 nitrogen and oxygen atoms in total. The highest BCUT2D eigenvalue weighted by atomic mass is 79.9. The summed E-state index contributed by atoms with van der Waals surface area (Å²) in [6.45, 7) is 3.49. The Hall–Kier alpha value is -1.56. The molecule has 2 rings (SSSR count). The summed E-state index contributed by atoms with van der Waals surface area (Å²) >= 11 is 3.35. The fourth-order valence-electron chi connectivity index (χ4n) is 1.66. The lowest BCUT2D eigenvalue weighted by Crippen LogP contribution is -2.05. The number of aromatic nitrogens is 3. The van der Waals surface area contributed by atoms with E-state index in [-0.39, 0.29) is 5.56 Å². The van der Waals surface area contributed by atoms with Gasteiger partial charge in [0.2, 0.25) is 0 Å². The zero-order valence-corrected chi connectivity index (χ0v) is 10.9. The van der Waals surface area contributed by atoms with Crippen LogP contribution in [0.4, 0.5) is 0 Å². The van der Waals surface area contributed by atoms with E-state index in [0.717, 1.165) is 16.8 Å². The van der Waals surface area contributed by atoms with E-state index in [2.05, 4.69) is 20.9 Å². The number of imidazole rings is 1. The van der Waals surface area contributed by atoms with Gasteiger partial charge in [0.05, 0.1) is 28.7 Å². The average molecular weight is 298 g/mol. The minimum absolute atomic E-state index is 0.277. The lowest BCUT2D eigenvalue weighted by Gasteiger charge is -2.07. The number of hydrogen-bond acceptors (Lipinski definition) is 2. The fraction of sp³-hybridized carbons (Fsp3) is 0.273. The molecule has 6 heteroatoms. The van der Waals surface area contributed by atoms with E-state index in [1.165, 1.54) is 0 Å². The SMILES string of the molecule is CCn1cncc1Cn1cc(C(=O)O)cc1Br. The Morgan fingerprint density at radius 1 is 1.53 bits per heavy atom. The van der Waals surface area contributed by atoms with Crippen molar-refractivity contribution in [3.63, 3.8) is 0 Å². The van der Waals surface area contributed by atoms with Crippen LogP contribution in [0.25, 0.3) is 0 Å². The standard InChI is InChI=1S/C11H12BrN3O2/c1-2-14-7-13-4-9(14)6-15-5-8(11(16)17)3-10(15)12/h3-5,7H,2,6H2,1H3,(H,16,17). The predicted molar refractivity (Wildman–Crippen MR) is 66.1 cm³/mol. The van der Waals surface area contributed by atoms with Crippen molar-refractivity contribution in [2.24, 2.45) is 0 Å². The summed E-state index contributed by atoms with van der Waals surface area (Å²) in [6.07, 6.45) is 5.17. The Labute approximate surface area is 107 Å². The Balaban J connectivity index is 2.27. The Morgan fingerprint density at radius 3 is 2.88 bits per heavy atom. The molecule has 0 aliphatic carbocycles. The molecule has 0 aromatic carbocycles. The third-order valence-corrected chi connectivity index (χ3v) is 3.25. The number of aromatic carboxylic acids is 1. The van der Waals surface area contributed by atoms with Gasteiger partial charge in [0, 0.05) is 18.9 Å². The van der Waals surface area contributed by atoms with E-state index in [1.807, 2.05) is 16.1 Å². The molecule has 2 heterocycles. The van der Waals surface area contributed by atoms with Crippen molar-refractivity contribution in [3.8, 4) is 0 Å². The molecule has 0 atom stereocenters. The van der Waals surface area contributed by atoms with Crippen molar-refractivity contribution in [2.45, 2.75) is 20.0 Å². The van der Waals surface area contributed by atoms with Crippen molar-refractivity contribution < 1.29 is 9.90 Å². The van der Waals surface area contributed by atoms with Gasteiger partial charge in [-0.3, -0.25) is 0 Å². The summed E-state index contributed by atoms with van der Waals surface area (Å²) in [6, 6.07) is 1.59. The summed E-state index contributed by atoms with van der Waals surface area (Å²) in [7, 11) is 0. The van der Waals surface area contributed by atoms with Gasteiger partial charge in [0.25, 0.3) is 0 Å². The monoisotopic (exact) mass is 297 g/mol. The maximum Gasteiger partial charge on any atom is 0.337 e. The van der Waals surface area contributed by atoms with Crippen LogP contribution < -0.4 is 0 Å². The van der Waals surface area contributed by atoms with Crippen molar-refractivity contribution in [2.75, 3.05) is 0 Å². The van der Waals surface area contributed by atoms with Crippen LogP contribution in [0.2, 0.25) is 0 Å². The first-order valence-corrected chi connectivity index (χ1v) is 5.99. The highest BCUT2D eigenvalue weighted by molar-refractivity contribution is 9.10. The number of nitrogens with zero attached hydrogens (tertiary/aromatic N) is 3. The highest BCUT2D eigenvalue weighted by Crippen LogP contribution is 2.17. The first-order valence-electron chi connectivity index (χ1n) is 5.19. The number of rotatable bonds is 4. The molecule has 0 spiro atoms. The quantitative estimate of drug-likeness (QED) is 0.941. The number of carboxylic acids is 1. The lowest BCUT2D eigenvalue weighted by atomic mass is 10.3. The Bertz CT molecular complexity index is 545. The second-order valence-corrected chi connectivity index (χ2v) is 4.47. The number of carbonyl (C=O) groups is 1. The van der Waals surface area contributed by atoms with Gasteiger partial charge in [-0.05, 0) is 28.9 Å². The van der Waals surface area contributed by atoms with Gasteiger partial charge in [-0.25, -0.2) is 9.78 Å². The molecule has 90 valence electrons. The summed E-state index contributed by atoms with van der Waals surface area (Å²) in [5, 5.41) is 8.90. The lowest BCUT2D eigenvalue weighted by molar-refractivity contribution is 0.0697. The van der Waals surface area contributed by atoms with Crippen LogP contribution in [0, 0.1) is 0 Å². The molecule has 0 radical (unpaired) electrons. The van der Waals surface area contributed by atoms with Crippen molar-refractivity contribution in [3.05, 3.63) is 40.6 Å². The molecule has 17 heavy (non-hydrogen) atoms. The van der Waals surface area contributed by atoms with Crippen LogP contribution in [0.1, 0.15) is 23.0 Å². The maximum absolute atomic E-state index is 10.8. The molecule has 2 aromatic rings. The van der Waals surface area contributed by atoms with Crippen LogP contribution in [0.15, 0.2) is 29.4 Å². The normalized spacial score (nSPS) is 10.7. The van der Waals surface area contributed by atoms with Crippen LogP contribution in [-0.4, -0.2) is 25.2 Å². The number of aryl methyl sites for hydroxylation is 1. The van der Waals surface area contributed by atoms with Crippen LogP contribution >= 0.6 is 15.9 Å². The van der Waals surface area contributed by atoms with E-state index < -0.39 is 5.97 Å². The number of carboxylic acid groups (broad SMARTS) is 1. The van der Waals surface area contributed by atoms with E-state index in [4.69, 9.17) is 5.11 Å². The first kappa shape index (κ1) is 11.9. The van der Waals surface area contributed by atoms with Gasteiger partial charge in [0.15, 0.2) is 0 Å². The molecular formula is C11H12BrN3O2. The van der Waals surface area contributed by atoms with E-state index >= 15 is 0 Å². The molecule has 0 aliphatic rings. The van der Waals surface area contributed by atoms with Gasteiger partial charge >= 0.3 is 5.97 Å². The van der Waals surface area contributed by atoms with Crippen LogP contribution in [0.5, 0.6) is 0 Å². The van der Waals surface area contributed by atoms with E-state index in [9.17, 15) is 4.79 Å². The first-order chi connectivity index (χ1) is 8.11. The van der Waals surface area contributed by atoms with Gasteiger partial charge in [-0.15, -0.1) is 0 Å². The Morgan fingerprint density at radius 2 is 2.29 bits per heavy atom. The zero-order chi connectivity index (χ0) is 12.4. The Kier molecular flexibility index (Phi) is 3.33. The smallest absolute Gasteiger partial charge is 0.337 e. The fourth-order valence-corrected chi connectivity index (χ4v) is 2.13. The second-order valence-electron chi connectivity index (χ2n) is 3.66. The van der Waals surface area contributed by atoms with Crippen molar-refractivity contribution in [1.29, 1.82) is 0 Å². The van der Waals surface area contributed by atoms with E-state index in [1.54, 1.807) is 24.8 Å². The zero-order valence-electron chi connectivity index (χ0n) is 9.30. The number of hydrogen-bond donors (Lipinski definition) is 1. The average Bonchev–Trinajstić information content (AvgIpc) is 2.87. The van der Waals surface area contributed by atoms with Crippen molar-refractivity contribution in [1.82, 2.24) is 14.1 Å². The summed E-state index contributed by atoms with van der Waals surface area (Å²) < 4.78 is 4.61. The maximum atomic E-state index is 10.8. The highest BCUT2D eigenvalue weighted by Gasteiger charge is 2.10. The van der Waals surface area contributed by atoms with Crippen LogP contribution in [0.3, 0.4) is 0 Å². The van der Waals surface area contributed by atoms with E-state index in [0.29, 0.717) is 6.54 Å². The summed E-state index contributed by atoms with van der Waals surface area (Å²) in [4.78, 5) is 14.9. The van der Waals surface area contributed by atoms with Gasteiger partial charge < -0.3 is 14.2 Å². The van der Waals surface area contributed by atoms with Crippen molar-refractivity contribution >= 4 is 21.9 Å². The topological polar surface area (TPSA) is 60.0 Å². The predicted octanol–water partition coefficient (Wildman–Crippen LogP) is 2.21. The molecule has 2 aromatic heterocycles.